The number of piperidine rings is 1. The Hall–Kier alpha value is -1.55. The van der Waals surface area contributed by atoms with Gasteiger partial charge in [-0.2, -0.15) is 0 Å². The minimum atomic E-state index is 0.113. The van der Waals surface area contributed by atoms with Crippen LogP contribution < -0.4 is 9.64 Å². The van der Waals surface area contributed by atoms with Crippen molar-refractivity contribution in [1.82, 2.24) is 4.90 Å². The van der Waals surface area contributed by atoms with Crippen LogP contribution in [0.5, 0.6) is 5.75 Å². The lowest BCUT2D eigenvalue weighted by atomic mass is 9.74. The topological polar surface area (TPSA) is 32.8 Å². The highest BCUT2D eigenvalue weighted by Gasteiger charge is 2.47. The first-order chi connectivity index (χ1) is 12.0. The Kier molecular flexibility index (Phi) is 4.27. The number of carbonyl (C=O) groups excluding carboxylic acids is 1. The Morgan fingerprint density at radius 2 is 2.00 bits per heavy atom. The van der Waals surface area contributed by atoms with E-state index in [-0.39, 0.29) is 11.3 Å². The lowest BCUT2D eigenvalue weighted by Gasteiger charge is -2.40. The van der Waals surface area contributed by atoms with Crippen molar-refractivity contribution in [3.63, 3.8) is 0 Å². The van der Waals surface area contributed by atoms with Crippen molar-refractivity contribution in [3.05, 3.63) is 23.8 Å². The first-order valence-electron chi connectivity index (χ1n) is 9.75. The number of nitrogens with zero attached hydrogens (tertiary/aromatic N) is 2. The predicted molar refractivity (Wildman–Crippen MR) is 100 cm³/mol. The second-order valence-corrected chi connectivity index (χ2v) is 8.51. The largest absolute Gasteiger partial charge is 0.497 e. The molecule has 25 heavy (non-hydrogen) atoms. The van der Waals surface area contributed by atoms with Gasteiger partial charge in [0, 0.05) is 30.1 Å². The predicted octanol–water partition coefficient (Wildman–Crippen LogP) is 3.58. The summed E-state index contributed by atoms with van der Waals surface area (Å²) >= 11 is 0. The minimum Gasteiger partial charge on any atom is -0.497 e. The van der Waals surface area contributed by atoms with E-state index in [9.17, 15) is 4.79 Å². The summed E-state index contributed by atoms with van der Waals surface area (Å²) < 4.78 is 5.49. The summed E-state index contributed by atoms with van der Waals surface area (Å²) in [6.07, 6.45) is 5.66. The van der Waals surface area contributed by atoms with Crippen LogP contribution in [-0.2, 0) is 10.2 Å². The number of hydrogen-bond acceptors (Lipinski definition) is 3. The fraction of sp³-hybridized carbons (Fsp3) is 0.667. The number of benzene rings is 1. The van der Waals surface area contributed by atoms with E-state index < -0.39 is 0 Å². The van der Waals surface area contributed by atoms with Gasteiger partial charge in [0.1, 0.15) is 5.75 Å². The highest BCUT2D eigenvalue weighted by molar-refractivity contribution is 5.96. The van der Waals surface area contributed by atoms with Crippen LogP contribution in [0.4, 0.5) is 5.69 Å². The van der Waals surface area contributed by atoms with Gasteiger partial charge >= 0.3 is 0 Å². The molecule has 0 N–H and O–H groups in total. The normalized spacial score (nSPS) is 22.5. The fourth-order valence-corrected chi connectivity index (χ4v) is 4.64. The molecule has 4 nitrogen and oxygen atoms in total. The zero-order chi connectivity index (χ0) is 17.6. The Balaban J connectivity index is 1.63. The molecule has 1 aliphatic carbocycles. The SMILES string of the molecule is COc1ccc2c(c1)C1(CCN(C3CC3)CC1)CN2C(=O)CC(C)C. The molecule has 1 saturated heterocycles. The van der Waals surface area contributed by atoms with Crippen LogP contribution in [0.3, 0.4) is 0 Å². The van der Waals surface area contributed by atoms with Gasteiger partial charge in [-0.05, 0) is 68.5 Å². The van der Waals surface area contributed by atoms with E-state index in [0.717, 1.165) is 50.0 Å². The molecule has 3 aliphatic rings. The maximum Gasteiger partial charge on any atom is 0.227 e. The molecule has 0 aromatic heterocycles. The molecule has 0 radical (unpaired) electrons. The summed E-state index contributed by atoms with van der Waals surface area (Å²) in [5.41, 5.74) is 2.56. The average Bonchev–Trinajstić information content (AvgIpc) is 3.40. The molecule has 0 bridgehead atoms. The number of methoxy groups -OCH3 is 1. The second-order valence-electron chi connectivity index (χ2n) is 8.51. The van der Waals surface area contributed by atoms with E-state index in [1.54, 1.807) is 7.11 Å². The molecule has 4 rings (SSSR count). The first-order valence-corrected chi connectivity index (χ1v) is 9.75. The summed E-state index contributed by atoms with van der Waals surface area (Å²) in [7, 11) is 1.72. The molecular weight excluding hydrogens is 312 g/mol. The van der Waals surface area contributed by atoms with Gasteiger partial charge in [-0.1, -0.05) is 13.8 Å². The van der Waals surface area contributed by atoms with Crippen molar-refractivity contribution < 1.29 is 9.53 Å². The molecule has 0 unspecified atom stereocenters. The number of ether oxygens (including phenoxy) is 1. The van der Waals surface area contributed by atoms with E-state index in [0.29, 0.717) is 12.3 Å². The average molecular weight is 342 g/mol. The first kappa shape index (κ1) is 16.9. The van der Waals surface area contributed by atoms with Crippen LogP contribution in [0.15, 0.2) is 18.2 Å². The van der Waals surface area contributed by atoms with Gasteiger partial charge in [-0.3, -0.25) is 4.79 Å². The van der Waals surface area contributed by atoms with E-state index >= 15 is 0 Å². The molecule has 0 atom stereocenters. The maximum absolute atomic E-state index is 12.9. The summed E-state index contributed by atoms with van der Waals surface area (Å²) in [6.45, 7) is 7.40. The lowest BCUT2D eigenvalue weighted by molar-refractivity contribution is -0.119. The molecule has 1 spiro atoms. The quantitative estimate of drug-likeness (QED) is 0.838. The van der Waals surface area contributed by atoms with Gasteiger partial charge in [-0.25, -0.2) is 0 Å². The maximum atomic E-state index is 12.9. The standard InChI is InChI=1S/C21H30N2O2/c1-15(2)12-20(24)23-14-21(8-10-22(11-9-21)16-4-5-16)18-13-17(25-3)6-7-19(18)23/h6-7,13,15-16H,4-5,8-12,14H2,1-3H3. The number of rotatable bonds is 4. The summed E-state index contributed by atoms with van der Waals surface area (Å²) in [4.78, 5) is 17.6. The summed E-state index contributed by atoms with van der Waals surface area (Å²) in [6, 6.07) is 7.11. The summed E-state index contributed by atoms with van der Waals surface area (Å²) in [5, 5.41) is 0. The van der Waals surface area contributed by atoms with Crippen LogP contribution in [0.2, 0.25) is 0 Å². The van der Waals surface area contributed by atoms with Gasteiger partial charge in [0.25, 0.3) is 0 Å². The van der Waals surface area contributed by atoms with Gasteiger partial charge in [0.05, 0.1) is 7.11 Å². The molecular formula is C21H30N2O2. The molecule has 1 aromatic rings. The highest BCUT2D eigenvalue weighted by atomic mass is 16.5. The zero-order valence-electron chi connectivity index (χ0n) is 15.8. The van der Waals surface area contributed by atoms with Crippen LogP contribution in [0, 0.1) is 5.92 Å². The molecule has 2 aliphatic heterocycles. The van der Waals surface area contributed by atoms with Crippen molar-refractivity contribution >= 4 is 11.6 Å². The smallest absolute Gasteiger partial charge is 0.227 e. The van der Waals surface area contributed by atoms with E-state index in [1.807, 2.05) is 6.07 Å². The number of amides is 1. The lowest BCUT2D eigenvalue weighted by Crippen LogP contribution is -2.46. The zero-order valence-corrected chi connectivity index (χ0v) is 15.8. The Morgan fingerprint density at radius 3 is 2.60 bits per heavy atom. The number of anilines is 1. The third-order valence-electron chi connectivity index (χ3n) is 6.23. The Labute approximate surface area is 151 Å². The number of hydrogen-bond donors (Lipinski definition) is 0. The number of carbonyl (C=O) groups is 1. The van der Waals surface area contributed by atoms with Gasteiger partial charge < -0.3 is 14.5 Å². The van der Waals surface area contributed by atoms with Gasteiger partial charge in [0.15, 0.2) is 0 Å². The van der Waals surface area contributed by atoms with Crippen molar-refractivity contribution in [2.45, 2.75) is 57.4 Å². The van der Waals surface area contributed by atoms with Crippen molar-refractivity contribution in [2.75, 3.05) is 31.6 Å². The van der Waals surface area contributed by atoms with E-state index in [1.165, 1.54) is 18.4 Å². The van der Waals surface area contributed by atoms with Crippen LogP contribution in [0.25, 0.3) is 0 Å². The molecule has 136 valence electrons. The highest BCUT2D eigenvalue weighted by Crippen LogP contribution is 2.49. The molecule has 1 amide bonds. The minimum absolute atomic E-state index is 0.113. The summed E-state index contributed by atoms with van der Waals surface area (Å²) in [5.74, 6) is 1.56. The van der Waals surface area contributed by atoms with Crippen LogP contribution >= 0.6 is 0 Å². The molecule has 4 heteroatoms. The van der Waals surface area contributed by atoms with Gasteiger partial charge in [-0.15, -0.1) is 0 Å². The van der Waals surface area contributed by atoms with Gasteiger partial charge in [0.2, 0.25) is 5.91 Å². The molecule has 2 fully saturated rings. The van der Waals surface area contributed by atoms with Crippen LogP contribution in [-0.4, -0.2) is 43.6 Å². The van der Waals surface area contributed by atoms with Crippen molar-refractivity contribution in [1.29, 1.82) is 0 Å². The third kappa shape index (κ3) is 3.05. The Morgan fingerprint density at radius 1 is 1.28 bits per heavy atom. The molecule has 1 aromatic carbocycles. The monoisotopic (exact) mass is 342 g/mol. The van der Waals surface area contributed by atoms with Crippen LogP contribution in [0.1, 0.15) is 51.5 Å². The number of fused-ring (bicyclic) bond motifs is 2. The molecule has 2 heterocycles. The van der Waals surface area contributed by atoms with Crippen molar-refractivity contribution in [2.24, 2.45) is 5.92 Å². The second kappa shape index (κ2) is 6.31. The third-order valence-corrected chi connectivity index (χ3v) is 6.23. The Bertz CT molecular complexity index is 658. The van der Waals surface area contributed by atoms with E-state index in [4.69, 9.17) is 4.74 Å². The fourth-order valence-electron chi connectivity index (χ4n) is 4.64. The van der Waals surface area contributed by atoms with E-state index in [2.05, 4.69) is 35.8 Å². The molecule has 1 saturated carbocycles. The van der Waals surface area contributed by atoms with Crippen molar-refractivity contribution in [3.8, 4) is 5.75 Å². The number of likely N-dealkylation sites (tertiary alicyclic amines) is 1.